The second-order valence-corrected chi connectivity index (χ2v) is 6.39. The van der Waals surface area contributed by atoms with Crippen LogP contribution in [0.15, 0.2) is 18.2 Å². The van der Waals surface area contributed by atoms with Gasteiger partial charge in [-0.15, -0.1) is 11.3 Å². The highest BCUT2D eigenvalue weighted by Crippen LogP contribution is 2.33. The molecule has 0 aliphatic heterocycles. The lowest BCUT2D eigenvalue weighted by Crippen LogP contribution is -2.32. The predicted octanol–water partition coefficient (Wildman–Crippen LogP) is 3.99. The van der Waals surface area contributed by atoms with Gasteiger partial charge >= 0.3 is 6.18 Å². The van der Waals surface area contributed by atoms with Gasteiger partial charge in [-0.3, -0.25) is 0 Å². The molecule has 1 aromatic heterocycles. The van der Waals surface area contributed by atoms with Crippen LogP contribution in [0.2, 0.25) is 0 Å². The van der Waals surface area contributed by atoms with Crippen LogP contribution in [0.25, 0.3) is 10.2 Å². The molecule has 2 aromatic rings. The Hall–Kier alpha value is -1.14. The van der Waals surface area contributed by atoms with E-state index in [9.17, 15) is 13.2 Å². The minimum Gasteiger partial charge on any atom is -0.326 e. The molecule has 6 heteroatoms. The first kappa shape index (κ1) is 14.3. The molecule has 2 N–H and O–H groups in total. The Morgan fingerprint density at radius 2 is 1.95 bits per heavy atom. The zero-order valence-corrected chi connectivity index (χ0v) is 11.5. The SMILES string of the molecule is CC(C)(N)CCc1nc2cc(C(F)(F)F)ccc2s1. The molecular weight excluding hydrogens is 273 g/mol. The number of halogens is 3. The van der Waals surface area contributed by atoms with Crippen molar-refractivity contribution in [2.45, 2.75) is 38.4 Å². The van der Waals surface area contributed by atoms with E-state index < -0.39 is 11.7 Å². The van der Waals surface area contributed by atoms with Gasteiger partial charge in [0, 0.05) is 12.0 Å². The van der Waals surface area contributed by atoms with E-state index in [0.29, 0.717) is 11.9 Å². The fraction of sp³-hybridized carbons (Fsp3) is 0.462. The molecule has 0 amide bonds. The minimum absolute atomic E-state index is 0.297. The first-order valence-corrected chi connectivity index (χ1v) is 6.72. The summed E-state index contributed by atoms with van der Waals surface area (Å²) in [7, 11) is 0. The molecule has 0 unspecified atom stereocenters. The van der Waals surface area contributed by atoms with Crippen molar-refractivity contribution in [1.82, 2.24) is 4.98 Å². The Morgan fingerprint density at radius 3 is 2.53 bits per heavy atom. The molecule has 0 bridgehead atoms. The van der Waals surface area contributed by atoms with E-state index in [1.54, 1.807) is 0 Å². The van der Waals surface area contributed by atoms with E-state index in [1.165, 1.54) is 17.4 Å². The standard InChI is InChI=1S/C13H15F3N2S/c1-12(2,17)6-5-11-18-9-7-8(13(14,15)16)3-4-10(9)19-11/h3-4,7H,5-6,17H2,1-2H3. The Kier molecular flexibility index (Phi) is 3.57. The highest BCUT2D eigenvalue weighted by Gasteiger charge is 2.30. The van der Waals surface area contributed by atoms with Crippen LogP contribution in [0.5, 0.6) is 0 Å². The molecule has 0 atom stereocenters. The third-order valence-corrected chi connectivity index (χ3v) is 3.84. The van der Waals surface area contributed by atoms with Gasteiger partial charge < -0.3 is 5.73 Å². The fourth-order valence-corrected chi connectivity index (χ4v) is 2.63. The van der Waals surface area contributed by atoms with Crippen molar-refractivity contribution in [3.63, 3.8) is 0 Å². The summed E-state index contributed by atoms with van der Waals surface area (Å²) in [6, 6.07) is 3.67. The molecule has 0 spiro atoms. The number of rotatable bonds is 3. The van der Waals surface area contributed by atoms with Crippen LogP contribution in [-0.2, 0) is 12.6 Å². The van der Waals surface area contributed by atoms with E-state index in [4.69, 9.17) is 5.73 Å². The van der Waals surface area contributed by atoms with Crippen LogP contribution < -0.4 is 5.73 Å². The minimum atomic E-state index is -4.32. The van der Waals surface area contributed by atoms with Gasteiger partial charge in [0.25, 0.3) is 0 Å². The predicted molar refractivity (Wildman–Crippen MR) is 71.2 cm³/mol. The van der Waals surface area contributed by atoms with Crippen molar-refractivity contribution in [2.75, 3.05) is 0 Å². The van der Waals surface area contributed by atoms with Gasteiger partial charge in [-0.25, -0.2) is 4.98 Å². The van der Waals surface area contributed by atoms with Crippen LogP contribution in [-0.4, -0.2) is 10.5 Å². The molecule has 0 fully saturated rings. The molecule has 0 radical (unpaired) electrons. The summed E-state index contributed by atoms with van der Waals surface area (Å²) in [4.78, 5) is 4.25. The third-order valence-electron chi connectivity index (χ3n) is 2.74. The molecule has 19 heavy (non-hydrogen) atoms. The van der Waals surface area contributed by atoms with Crippen LogP contribution in [0, 0.1) is 0 Å². The van der Waals surface area contributed by atoms with E-state index in [0.717, 1.165) is 28.3 Å². The highest BCUT2D eigenvalue weighted by atomic mass is 32.1. The van der Waals surface area contributed by atoms with Crippen LogP contribution in [0.3, 0.4) is 0 Å². The number of benzene rings is 1. The summed E-state index contributed by atoms with van der Waals surface area (Å²) in [5.74, 6) is 0. The number of alkyl halides is 3. The number of aromatic nitrogens is 1. The number of thiazole rings is 1. The number of aryl methyl sites for hydroxylation is 1. The van der Waals surface area contributed by atoms with E-state index >= 15 is 0 Å². The fourth-order valence-electron chi connectivity index (χ4n) is 1.69. The molecule has 0 saturated heterocycles. The van der Waals surface area contributed by atoms with Gasteiger partial charge in [0.1, 0.15) is 0 Å². The van der Waals surface area contributed by atoms with Crippen molar-refractivity contribution in [1.29, 1.82) is 0 Å². The molecule has 2 nitrogen and oxygen atoms in total. The number of nitrogens with zero attached hydrogens (tertiary/aromatic N) is 1. The van der Waals surface area contributed by atoms with Crippen LogP contribution >= 0.6 is 11.3 Å². The normalized spacial score (nSPS) is 13.2. The molecule has 104 valence electrons. The summed E-state index contributed by atoms with van der Waals surface area (Å²) in [6.45, 7) is 3.84. The summed E-state index contributed by atoms with van der Waals surface area (Å²) in [5, 5.41) is 0.827. The van der Waals surface area contributed by atoms with Gasteiger partial charge in [-0.2, -0.15) is 13.2 Å². The lowest BCUT2D eigenvalue weighted by molar-refractivity contribution is -0.137. The number of hydrogen-bond donors (Lipinski definition) is 1. The molecule has 1 aromatic carbocycles. The molecule has 0 aliphatic rings. The number of nitrogens with two attached hydrogens (primary N) is 1. The number of fused-ring (bicyclic) bond motifs is 1. The van der Waals surface area contributed by atoms with E-state index in [1.807, 2.05) is 13.8 Å². The van der Waals surface area contributed by atoms with Crippen molar-refractivity contribution < 1.29 is 13.2 Å². The van der Waals surface area contributed by atoms with E-state index in [2.05, 4.69) is 4.98 Å². The summed E-state index contributed by atoms with van der Waals surface area (Å²) >= 11 is 1.42. The van der Waals surface area contributed by atoms with Crippen molar-refractivity contribution in [3.8, 4) is 0 Å². The average molecular weight is 288 g/mol. The second kappa shape index (κ2) is 4.76. The summed E-state index contributed by atoms with van der Waals surface area (Å²) in [5.41, 5.74) is 5.34. The van der Waals surface area contributed by atoms with Crippen molar-refractivity contribution in [2.24, 2.45) is 5.73 Å². The van der Waals surface area contributed by atoms with Crippen LogP contribution in [0.4, 0.5) is 13.2 Å². The second-order valence-electron chi connectivity index (χ2n) is 5.28. The maximum atomic E-state index is 12.6. The van der Waals surface area contributed by atoms with Gasteiger partial charge in [0.15, 0.2) is 0 Å². The quantitative estimate of drug-likeness (QED) is 0.927. The van der Waals surface area contributed by atoms with Gasteiger partial charge in [0.2, 0.25) is 0 Å². The topological polar surface area (TPSA) is 38.9 Å². The Bertz CT molecular complexity index is 582. The zero-order valence-electron chi connectivity index (χ0n) is 10.7. The average Bonchev–Trinajstić information content (AvgIpc) is 2.65. The van der Waals surface area contributed by atoms with Gasteiger partial charge in [-0.05, 0) is 38.5 Å². The van der Waals surface area contributed by atoms with Gasteiger partial charge in [-0.1, -0.05) is 0 Å². The Labute approximate surface area is 113 Å². The third kappa shape index (κ3) is 3.67. The molecule has 1 heterocycles. The smallest absolute Gasteiger partial charge is 0.326 e. The Morgan fingerprint density at radius 1 is 1.26 bits per heavy atom. The summed E-state index contributed by atoms with van der Waals surface area (Å²) in [6.07, 6.45) is -2.89. The molecule has 2 rings (SSSR count). The lowest BCUT2D eigenvalue weighted by atomic mass is 10.0. The Balaban J connectivity index is 2.26. The molecular formula is C13H15F3N2S. The van der Waals surface area contributed by atoms with Crippen molar-refractivity contribution in [3.05, 3.63) is 28.8 Å². The van der Waals surface area contributed by atoms with Crippen LogP contribution in [0.1, 0.15) is 30.8 Å². The van der Waals surface area contributed by atoms with E-state index in [-0.39, 0.29) is 5.54 Å². The maximum Gasteiger partial charge on any atom is 0.416 e. The lowest BCUT2D eigenvalue weighted by Gasteiger charge is -2.16. The highest BCUT2D eigenvalue weighted by molar-refractivity contribution is 7.18. The molecule has 0 aliphatic carbocycles. The van der Waals surface area contributed by atoms with Gasteiger partial charge in [0.05, 0.1) is 20.8 Å². The summed E-state index contributed by atoms with van der Waals surface area (Å²) < 4.78 is 38.5. The van der Waals surface area contributed by atoms with Crippen molar-refractivity contribution >= 4 is 21.6 Å². The number of hydrogen-bond acceptors (Lipinski definition) is 3. The zero-order chi connectivity index (χ0) is 14.3. The molecule has 0 saturated carbocycles. The first-order chi connectivity index (χ1) is 8.65. The monoisotopic (exact) mass is 288 g/mol. The maximum absolute atomic E-state index is 12.6. The largest absolute Gasteiger partial charge is 0.416 e. The first-order valence-electron chi connectivity index (χ1n) is 5.91.